The SMILES string of the molecule is COc1cccc(CNc2nnc(CCOc3ccccc3)o2)n1. The number of rotatable bonds is 8. The second-order valence-electron chi connectivity index (χ2n) is 4.94. The molecule has 0 fully saturated rings. The number of methoxy groups -OCH3 is 1. The van der Waals surface area contributed by atoms with Crippen LogP contribution in [0.15, 0.2) is 52.9 Å². The van der Waals surface area contributed by atoms with Gasteiger partial charge in [0.25, 0.3) is 0 Å². The number of hydrogen-bond donors (Lipinski definition) is 1. The van der Waals surface area contributed by atoms with E-state index in [2.05, 4.69) is 20.5 Å². The molecule has 0 saturated carbocycles. The minimum atomic E-state index is 0.356. The second-order valence-corrected chi connectivity index (χ2v) is 4.94. The van der Waals surface area contributed by atoms with Gasteiger partial charge in [0.15, 0.2) is 0 Å². The smallest absolute Gasteiger partial charge is 0.315 e. The molecule has 7 heteroatoms. The molecule has 3 aromatic rings. The molecule has 0 amide bonds. The van der Waals surface area contributed by atoms with E-state index < -0.39 is 0 Å². The third-order valence-electron chi connectivity index (χ3n) is 3.21. The Kier molecular flexibility index (Phi) is 5.24. The molecule has 0 aliphatic rings. The highest BCUT2D eigenvalue weighted by Gasteiger charge is 2.07. The summed E-state index contributed by atoms with van der Waals surface area (Å²) in [7, 11) is 1.58. The summed E-state index contributed by atoms with van der Waals surface area (Å²) in [5.41, 5.74) is 0.821. The van der Waals surface area contributed by atoms with Crippen molar-refractivity contribution in [2.24, 2.45) is 0 Å². The van der Waals surface area contributed by atoms with Crippen molar-refractivity contribution < 1.29 is 13.9 Å². The molecule has 7 nitrogen and oxygen atoms in total. The van der Waals surface area contributed by atoms with Gasteiger partial charge in [-0.2, -0.15) is 0 Å². The van der Waals surface area contributed by atoms with E-state index in [0.717, 1.165) is 11.4 Å². The van der Waals surface area contributed by atoms with Crippen molar-refractivity contribution in [2.75, 3.05) is 19.0 Å². The van der Waals surface area contributed by atoms with E-state index in [1.807, 2.05) is 42.5 Å². The average Bonchev–Trinajstić information content (AvgIpc) is 3.09. The fourth-order valence-corrected chi connectivity index (χ4v) is 2.03. The number of para-hydroxylation sites is 1. The van der Waals surface area contributed by atoms with Gasteiger partial charge in [-0.05, 0) is 18.2 Å². The van der Waals surface area contributed by atoms with Gasteiger partial charge in [-0.3, -0.25) is 0 Å². The summed E-state index contributed by atoms with van der Waals surface area (Å²) in [5.74, 6) is 1.91. The summed E-state index contributed by atoms with van der Waals surface area (Å²) in [6.45, 7) is 0.947. The van der Waals surface area contributed by atoms with Crippen LogP contribution in [0.2, 0.25) is 0 Å². The standard InChI is InChI=1S/C17H18N4O3/c1-22-15-9-5-6-13(19-15)12-18-17-21-20-16(24-17)10-11-23-14-7-3-2-4-8-14/h2-9H,10-12H2,1H3,(H,18,21). The van der Waals surface area contributed by atoms with Crippen molar-refractivity contribution in [1.82, 2.24) is 15.2 Å². The molecule has 1 aromatic carbocycles. The van der Waals surface area contributed by atoms with Crippen LogP contribution in [-0.4, -0.2) is 28.9 Å². The molecule has 0 radical (unpaired) electrons. The topological polar surface area (TPSA) is 82.3 Å². The Morgan fingerprint density at radius 2 is 1.92 bits per heavy atom. The monoisotopic (exact) mass is 326 g/mol. The number of aromatic nitrogens is 3. The molecule has 0 aliphatic heterocycles. The molecule has 0 saturated heterocycles. The number of nitrogens with zero attached hydrogens (tertiary/aromatic N) is 3. The summed E-state index contributed by atoms with van der Waals surface area (Å²) >= 11 is 0. The Morgan fingerprint density at radius 1 is 1.04 bits per heavy atom. The molecule has 1 N–H and O–H groups in total. The van der Waals surface area contributed by atoms with E-state index in [0.29, 0.717) is 37.4 Å². The largest absolute Gasteiger partial charge is 0.493 e. The van der Waals surface area contributed by atoms with Gasteiger partial charge in [0.1, 0.15) is 5.75 Å². The van der Waals surface area contributed by atoms with Crippen molar-refractivity contribution in [3.63, 3.8) is 0 Å². The van der Waals surface area contributed by atoms with Gasteiger partial charge in [-0.25, -0.2) is 4.98 Å². The number of pyridine rings is 1. The summed E-state index contributed by atoms with van der Waals surface area (Å²) < 4.78 is 16.2. The van der Waals surface area contributed by atoms with Gasteiger partial charge in [0, 0.05) is 6.07 Å². The van der Waals surface area contributed by atoms with Crippen LogP contribution >= 0.6 is 0 Å². The predicted molar refractivity (Wildman–Crippen MR) is 88.1 cm³/mol. The zero-order valence-corrected chi connectivity index (χ0v) is 13.3. The lowest BCUT2D eigenvalue weighted by Crippen LogP contribution is -2.02. The van der Waals surface area contributed by atoms with Gasteiger partial charge in [0.2, 0.25) is 11.8 Å². The Bertz CT molecular complexity index is 761. The van der Waals surface area contributed by atoms with Gasteiger partial charge >= 0.3 is 6.01 Å². The van der Waals surface area contributed by atoms with Crippen LogP contribution in [0.3, 0.4) is 0 Å². The molecule has 0 spiro atoms. The highest BCUT2D eigenvalue weighted by atomic mass is 16.5. The van der Waals surface area contributed by atoms with Crippen LogP contribution in [0.4, 0.5) is 6.01 Å². The molecule has 124 valence electrons. The van der Waals surface area contributed by atoms with Crippen molar-refractivity contribution in [3.8, 4) is 11.6 Å². The van der Waals surface area contributed by atoms with Gasteiger partial charge in [-0.15, -0.1) is 5.10 Å². The Labute approximate surface area is 139 Å². The first-order chi connectivity index (χ1) is 11.8. The number of hydrogen-bond acceptors (Lipinski definition) is 7. The maximum Gasteiger partial charge on any atom is 0.315 e. The van der Waals surface area contributed by atoms with Crippen molar-refractivity contribution in [1.29, 1.82) is 0 Å². The first kappa shape index (κ1) is 15.8. The van der Waals surface area contributed by atoms with E-state index >= 15 is 0 Å². The highest BCUT2D eigenvalue weighted by Crippen LogP contribution is 2.12. The lowest BCUT2D eigenvalue weighted by molar-refractivity contribution is 0.307. The van der Waals surface area contributed by atoms with E-state index in [1.54, 1.807) is 13.2 Å². The fourth-order valence-electron chi connectivity index (χ4n) is 2.03. The molecule has 2 heterocycles. The minimum absolute atomic E-state index is 0.356. The van der Waals surface area contributed by atoms with Crippen LogP contribution in [0.25, 0.3) is 0 Å². The molecular weight excluding hydrogens is 308 g/mol. The minimum Gasteiger partial charge on any atom is -0.493 e. The molecule has 2 aromatic heterocycles. The fraction of sp³-hybridized carbons (Fsp3) is 0.235. The molecule has 0 bridgehead atoms. The Balaban J connectivity index is 1.46. The first-order valence-corrected chi connectivity index (χ1v) is 7.57. The zero-order valence-electron chi connectivity index (χ0n) is 13.3. The van der Waals surface area contributed by atoms with Crippen molar-refractivity contribution in [2.45, 2.75) is 13.0 Å². The quantitative estimate of drug-likeness (QED) is 0.681. The van der Waals surface area contributed by atoms with E-state index in [1.165, 1.54) is 0 Å². The van der Waals surface area contributed by atoms with Gasteiger partial charge in [-0.1, -0.05) is 29.4 Å². The third-order valence-corrected chi connectivity index (χ3v) is 3.21. The third kappa shape index (κ3) is 4.45. The zero-order chi connectivity index (χ0) is 16.6. The number of benzene rings is 1. The number of ether oxygens (including phenoxy) is 2. The molecule has 0 unspecified atom stereocenters. The molecule has 24 heavy (non-hydrogen) atoms. The van der Waals surface area contributed by atoms with Gasteiger partial charge < -0.3 is 19.2 Å². The Morgan fingerprint density at radius 3 is 2.75 bits per heavy atom. The van der Waals surface area contributed by atoms with E-state index in [4.69, 9.17) is 13.9 Å². The second kappa shape index (κ2) is 7.96. The number of anilines is 1. The van der Waals surface area contributed by atoms with Crippen molar-refractivity contribution in [3.05, 3.63) is 60.1 Å². The number of nitrogens with one attached hydrogen (secondary N) is 1. The van der Waals surface area contributed by atoms with Crippen LogP contribution < -0.4 is 14.8 Å². The van der Waals surface area contributed by atoms with Crippen LogP contribution in [0.1, 0.15) is 11.6 Å². The normalized spacial score (nSPS) is 10.4. The molecular formula is C17H18N4O3. The molecule has 0 atom stereocenters. The predicted octanol–water partition coefficient (Wildman–Crippen LogP) is 2.71. The Hall–Kier alpha value is -3.09. The van der Waals surface area contributed by atoms with Crippen molar-refractivity contribution >= 4 is 6.01 Å². The van der Waals surface area contributed by atoms with Crippen LogP contribution in [0.5, 0.6) is 11.6 Å². The van der Waals surface area contributed by atoms with Gasteiger partial charge in [0.05, 0.1) is 32.4 Å². The van der Waals surface area contributed by atoms with Crippen LogP contribution in [-0.2, 0) is 13.0 Å². The first-order valence-electron chi connectivity index (χ1n) is 7.57. The lowest BCUT2D eigenvalue weighted by atomic mass is 10.3. The average molecular weight is 326 g/mol. The van der Waals surface area contributed by atoms with E-state index in [-0.39, 0.29) is 0 Å². The van der Waals surface area contributed by atoms with E-state index in [9.17, 15) is 0 Å². The summed E-state index contributed by atoms with van der Waals surface area (Å²) in [5, 5.41) is 11.0. The van der Waals surface area contributed by atoms with Crippen LogP contribution in [0, 0.1) is 0 Å². The summed E-state index contributed by atoms with van der Waals surface area (Å²) in [4.78, 5) is 4.30. The molecule has 3 rings (SSSR count). The summed E-state index contributed by atoms with van der Waals surface area (Å²) in [6, 6.07) is 15.5. The molecule has 0 aliphatic carbocycles. The maximum absolute atomic E-state index is 5.60. The highest BCUT2D eigenvalue weighted by molar-refractivity contribution is 5.23. The lowest BCUT2D eigenvalue weighted by Gasteiger charge is -2.04. The summed E-state index contributed by atoms with van der Waals surface area (Å²) in [6.07, 6.45) is 0.543. The maximum atomic E-state index is 5.60.